The minimum absolute atomic E-state index is 0.154. The van der Waals surface area contributed by atoms with Gasteiger partial charge in [0.1, 0.15) is 0 Å². The van der Waals surface area contributed by atoms with Crippen molar-refractivity contribution in [1.82, 2.24) is 15.1 Å². The van der Waals surface area contributed by atoms with Gasteiger partial charge in [0.05, 0.1) is 19.3 Å². The molecule has 0 aliphatic heterocycles. The number of fused-ring (bicyclic) bond motifs is 1. The van der Waals surface area contributed by atoms with Gasteiger partial charge in [-0.2, -0.15) is 16.4 Å². The molecule has 3 rings (SSSR count). The van der Waals surface area contributed by atoms with Crippen molar-refractivity contribution in [2.24, 2.45) is 0 Å². The zero-order chi connectivity index (χ0) is 13.1. The van der Waals surface area contributed by atoms with Gasteiger partial charge in [0.2, 0.25) is 0 Å². The van der Waals surface area contributed by atoms with Crippen molar-refractivity contribution in [3.05, 3.63) is 39.8 Å². The van der Waals surface area contributed by atoms with Crippen LogP contribution < -0.4 is 5.32 Å². The van der Waals surface area contributed by atoms with Gasteiger partial charge in [-0.3, -0.25) is 4.68 Å². The first-order chi connectivity index (χ1) is 9.38. The average molecular weight is 277 g/mol. The highest BCUT2D eigenvalue weighted by atomic mass is 32.1. The van der Waals surface area contributed by atoms with Gasteiger partial charge >= 0.3 is 0 Å². The lowest BCUT2D eigenvalue weighted by molar-refractivity contribution is 0.266. The summed E-state index contributed by atoms with van der Waals surface area (Å²) in [6.07, 6.45) is 5.40. The molecule has 0 saturated heterocycles. The lowest BCUT2D eigenvalue weighted by atomic mass is 9.93. The first-order valence-corrected chi connectivity index (χ1v) is 7.72. The predicted octanol–water partition coefficient (Wildman–Crippen LogP) is 2.10. The van der Waals surface area contributed by atoms with Crippen LogP contribution in [0.25, 0.3) is 0 Å². The standard InChI is InChI=1S/C14H19N3OS/c18-6-5-17-14-3-1-2-13(12(14)9-16-17)15-8-11-4-7-19-10-11/h4,7,9-10,13,15,18H,1-3,5-6,8H2. The van der Waals surface area contributed by atoms with Crippen LogP contribution >= 0.6 is 11.3 Å². The maximum atomic E-state index is 9.06. The van der Waals surface area contributed by atoms with E-state index in [-0.39, 0.29) is 6.61 Å². The number of hydrogen-bond acceptors (Lipinski definition) is 4. The average Bonchev–Trinajstić information content (AvgIpc) is 3.07. The maximum Gasteiger partial charge on any atom is 0.0644 e. The molecule has 19 heavy (non-hydrogen) atoms. The first-order valence-electron chi connectivity index (χ1n) is 6.78. The van der Waals surface area contributed by atoms with Gasteiger partial charge in [-0.1, -0.05) is 0 Å². The van der Waals surface area contributed by atoms with Crippen molar-refractivity contribution >= 4 is 11.3 Å². The molecular weight excluding hydrogens is 258 g/mol. The number of thiophene rings is 1. The molecule has 0 saturated carbocycles. The molecule has 2 aromatic rings. The quantitative estimate of drug-likeness (QED) is 0.880. The summed E-state index contributed by atoms with van der Waals surface area (Å²) in [6, 6.07) is 2.56. The number of hydrogen-bond donors (Lipinski definition) is 2. The molecule has 1 unspecified atom stereocenters. The van der Waals surface area contributed by atoms with Crippen LogP contribution in [0.4, 0.5) is 0 Å². The highest BCUT2D eigenvalue weighted by Gasteiger charge is 2.23. The minimum atomic E-state index is 0.154. The van der Waals surface area contributed by atoms with Crippen LogP contribution in [-0.4, -0.2) is 21.5 Å². The predicted molar refractivity (Wildman–Crippen MR) is 76.2 cm³/mol. The Morgan fingerprint density at radius 2 is 2.47 bits per heavy atom. The maximum absolute atomic E-state index is 9.06. The third-order valence-corrected chi connectivity index (χ3v) is 4.44. The Balaban J connectivity index is 1.71. The van der Waals surface area contributed by atoms with Crippen LogP contribution in [0.15, 0.2) is 23.0 Å². The van der Waals surface area contributed by atoms with E-state index in [0.29, 0.717) is 12.6 Å². The normalized spacial score (nSPS) is 18.5. The molecule has 0 amide bonds. The molecule has 0 aromatic carbocycles. The van der Waals surface area contributed by atoms with Gasteiger partial charge in [0, 0.05) is 23.8 Å². The second kappa shape index (κ2) is 5.86. The van der Waals surface area contributed by atoms with E-state index in [0.717, 1.165) is 13.0 Å². The van der Waals surface area contributed by atoms with Crippen molar-refractivity contribution in [2.75, 3.05) is 6.61 Å². The van der Waals surface area contributed by atoms with Crippen molar-refractivity contribution in [3.63, 3.8) is 0 Å². The third kappa shape index (κ3) is 2.73. The van der Waals surface area contributed by atoms with Gasteiger partial charge < -0.3 is 10.4 Å². The van der Waals surface area contributed by atoms with E-state index >= 15 is 0 Å². The Morgan fingerprint density at radius 3 is 3.26 bits per heavy atom. The van der Waals surface area contributed by atoms with Crippen molar-refractivity contribution in [1.29, 1.82) is 0 Å². The lowest BCUT2D eigenvalue weighted by Crippen LogP contribution is -2.25. The second-order valence-corrected chi connectivity index (χ2v) is 5.73. The lowest BCUT2D eigenvalue weighted by Gasteiger charge is -2.24. The minimum Gasteiger partial charge on any atom is -0.394 e. The number of aliphatic hydroxyl groups excluding tert-OH is 1. The summed E-state index contributed by atoms with van der Waals surface area (Å²) < 4.78 is 1.95. The number of rotatable bonds is 5. The molecule has 2 N–H and O–H groups in total. The van der Waals surface area contributed by atoms with Crippen molar-refractivity contribution in [3.8, 4) is 0 Å². The van der Waals surface area contributed by atoms with Crippen LogP contribution in [0, 0.1) is 0 Å². The second-order valence-electron chi connectivity index (χ2n) is 4.95. The van der Waals surface area contributed by atoms with E-state index in [9.17, 15) is 0 Å². The zero-order valence-electron chi connectivity index (χ0n) is 10.9. The fourth-order valence-corrected chi connectivity index (χ4v) is 3.42. The van der Waals surface area contributed by atoms with E-state index < -0.39 is 0 Å². The summed E-state index contributed by atoms with van der Waals surface area (Å²) >= 11 is 1.74. The topological polar surface area (TPSA) is 50.1 Å². The van der Waals surface area contributed by atoms with Crippen LogP contribution in [0.1, 0.15) is 35.7 Å². The fraction of sp³-hybridized carbons (Fsp3) is 0.500. The Morgan fingerprint density at radius 1 is 1.53 bits per heavy atom. The molecule has 5 heteroatoms. The van der Waals surface area contributed by atoms with Crippen LogP contribution in [0.3, 0.4) is 0 Å². The van der Waals surface area contributed by atoms with Gasteiger partial charge in [-0.15, -0.1) is 0 Å². The summed E-state index contributed by atoms with van der Waals surface area (Å²) in [5.41, 5.74) is 3.96. The molecule has 1 aliphatic rings. The molecule has 1 aliphatic carbocycles. The molecule has 102 valence electrons. The van der Waals surface area contributed by atoms with E-state index in [2.05, 4.69) is 27.2 Å². The highest BCUT2D eigenvalue weighted by Crippen LogP contribution is 2.29. The SMILES string of the molecule is OCCn1ncc2c1CCCC2NCc1ccsc1. The van der Waals surface area contributed by atoms with E-state index in [1.54, 1.807) is 11.3 Å². The van der Waals surface area contributed by atoms with E-state index in [1.165, 1.54) is 29.7 Å². The molecule has 0 radical (unpaired) electrons. The number of aliphatic hydroxyl groups is 1. The van der Waals surface area contributed by atoms with Crippen LogP contribution in [0.2, 0.25) is 0 Å². The number of nitrogens with one attached hydrogen (secondary N) is 1. The molecule has 0 bridgehead atoms. The molecule has 0 fully saturated rings. The fourth-order valence-electron chi connectivity index (χ4n) is 2.75. The Labute approximate surface area is 117 Å². The molecule has 2 heterocycles. The van der Waals surface area contributed by atoms with Crippen molar-refractivity contribution in [2.45, 2.75) is 38.4 Å². The first kappa shape index (κ1) is 12.8. The third-order valence-electron chi connectivity index (χ3n) is 3.71. The summed E-state index contributed by atoms with van der Waals surface area (Å²) in [7, 11) is 0. The molecule has 4 nitrogen and oxygen atoms in total. The largest absolute Gasteiger partial charge is 0.394 e. The molecule has 1 atom stereocenters. The number of aromatic nitrogens is 2. The van der Waals surface area contributed by atoms with Gasteiger partial charge in [-0.05, 0) is 41.7 Å². The highest BCUT2D eigenvalue weighted by molar-refractivity contribution is 7.07. The van der Waals surface area contributed by atoms with Crippen LogP contribution in [0.5, 0.6) is 0 Å². The van der Waals surface area contributed by atoms with Gasteiger partial charge in [0.25, 0.3) is 0 Å². The van der Waals surface area contributed by atoms with Crippen LogP contribution in [-0.2, 0) is 19.5 Å². The smallest absolute Gasteiger partial charge is 0.0644 e. The van der Waals surface area contributed by atoms with E-state index in [4.69, 9.17) is 5.11 Å². The molecule has 2 aromatic heterocycles. The molecular formula is C14H19N3OS. The summed E-state index contributed by atoms with van der Waals surface area (Å²) in [5.74, 6) is 0. The molecule has 0 spiro atoms. The van der Waals surface area contributed by atoms with Gasteiger partial charge in [-0.25, -0.2) is 0 Å². The van der Waals surface area contributed by atoms with Crippen molar-refractivity contribution < 1.29 is 5.11 Å². The Hall–Kier alpha value is -1.17. The Kier molecular flexibility index (Phi) is 3.96. The summed E-state index contributed by atoms with van der Waals surface area (Å²) in [5, 5.41) is 21.4. The zero-order valence-corrected chi connectivity index (χ0v) is 11.7. The summed E-state index contributed by atoms with van der Waals surface area (Å²) in [4.78, 5) is 0. The number of nitrogens with zero attached hydrogens (tertiary/aromatic N) is 2. The Bertz CT molecular complexity index is 521. The van der Waals surface area contributed by atoms with E-state index in [1.807, 2.05) is 10.9 Å². The van der Waals surface area contributed by atoms with Gasteiger partial charge in [0.15, 0.2) is 0 Å². The monoisotopic (exact) mass is 277 g/mol. The summed E-state index contributed by atoms with van der Waals surface area (Å²) in [6.45, 7) is 1.67.